The molecule has 1 aliphatic rings. The SMILES string of the molecule is O=C(O)CCCCC(=O)c1cc(Cl)cc2c1OCC2. The normalized spacial score (nSPS) is 12.9. The van der Waals surface area contributed by atoms with E-state index >= 15 is 0 Å². The number of carbonyl (C=O) groups excluding carboxylic acids is 1. The third kappa shape index (κ3) is 3.47. The van der Waals surface area contributed by atoms with E-state index in [9.17, 15) is 9.59 Å². The maximum Gasteiger partial charge on any atom is 0.303 e. The molecule has 1 aromatic carbocycles. The van der Waals surface area contributed by atoms with E-state index in [0.717, 1.165) is 12.0 Å². The number of carboxylic acid groups (broad SMARTS) is 1. The van der Waals surface area contributed by atoms with Gasteiger partial charge < -0.3 is 9.84 Å². The number of ketones is 1. The summed E-state index contributed by atoms with van der Waals surface area (Å²) in [7, 11) is 0. The number of ether oxygens (including phenoxy) is 1. The van der Waals surface area contributed by atoms with Gasteiger partial charge in [-0.1, -0.05) is 11.6 Å². The molecule has 4 nitrogen and oxygen atoms in total. The Bertz CT molecular complexity index is 510. The van der Waals surface area contributed by atoms with Gasteiger partial charge in [0.1, 0.15) is 5.75 Å². The zero-order chi connectivity index (χ0) is 13.8. The lowest BCUT2D eigenvalue weighted by atomic mass is 10.0. The average Bonchev–Trinajstić information content (AvgIpc) is 2.80. The van der Waals surface area contributed by atoms with Crippen LogP contribution in [0.25, 0.3) is 0 Å². The van der Waals surface area contributed by atoms with E-state index in [1.807, 2.05) is 6.07 Å². The number of carboxylic acids is 1. The number of carbonyl (C=O) groups is 2. The minimum Gasteiger partial charge on any atom is -0.492 e. The molecule has 0 unspecified atom stereocenters. The second kappa shape index (κ2) is 6.06. The van der Waals surface area contributed by atoms with E-state index in [4.69, 9.17) is 21.4 Å². The summed E-state index contributed by atoms with van der Waals surface area (Å²) in [6, 6.07) is 3.45. The van der Waals surface area contributed by atoms with Crippen LogP contribution in [-0.4, -0.2) is 23.5 Å². The van der Waals surface area contributed by atoms with Crippen molar-refractivity contribution in [3.8, 4) is 5.75 Å². The smallest absolute Gasteiger partial charge is 0.303 e. The molecule has 0 bridgehead atoms. The van der Waals surface area contributed by atoms with Crippen LogP contribution in [0.4, 0.5) is 0 Å². The average molecular weight is 283 g/mol. The van der Waals surface area contributed by atoms with E-state index in [1.54, 1.807) is 6.07 Å². The quantitative estimate of drug-likeness (QED) is 0.643. The Labute approximate surface area is 116 Å². The highest BCUT2D eigenvalue weighted by atomic mass is 35.5. The lowest BCUT2D eigenvalue weighted by Gasteiger charge is -2.08. The second-order valence-electron chi connectivity index (χ2n) is 4.56. The molecule has 0 aliphatic carbocycles. The molecule has 1 aliphatic heterocycles. The summed E-state index contributed by atoms with van der Waals surface area (Å²) in [5.74, 6) is -0.224. The first-order valence-electron chi connectivity index (χ1n) is 6.28. The standard InChI is InChI=1S/C14H15ClO4/c15-10-7-9-5-6-19-14(9)11(8-10)12(16)3-1-2-4-13(17)18/h7-8H,1-6H2,(H,17,18). The van der Waals surface area contributed by atoms with Gasteiger partial charge in [-0.2, -0.15) is 0 Å². The van der Waals surface area contributed by atoms with Crippen LogP contribution in [0.3, 0.4) is 0 Å². The van der Waals surface area contributed by atoms with Crippen molar-refractivity contribution >= 4 is 23.4 Å². The Kier molecular flexibility index (Phi) is 4.43. The summed E-state index contributed by atoms with van der Waals surface area (Å²) in [6.07, 6.45) is 2.26. The molecule has 102 valence electrons. The molecule has 0 amide bonds. The highest BCUT2D eigenvalue weighted by Gasteiger charge is 2.21. The first kappa shape index (κ1) is 13.9. The van der Waals surface area contributed by atoms with Crippen molar-refractivity contribution in [2.75, 3.05) is 6.61 Å². The van der Waals surface area contributed by atoms with Crippen LogP contribution in [0, 0.1) is 0 Å². The van der Waals surface area contributed by atoms with Crippen molar-refractivity contribution in [3.05, 3.63) is 28.3 Å². The van der Waals surface area contributed by atoms with Crippen LogP contribution < -0.4 is 4.74 Å². The molecular weight excluding hydrogens is 268 g/mol. The molecule has 0 aromatic heterocycles. The molecule has 0 saturated carbocycles. The van der Waals surface area contributed by atoms with Crippen LogP contribution >= 0.6 is 11.6 Å². The van der Waals surface area contributed by atoms with Crippen molar-refractivity contribution in [1.82, 2.24) is 0 Å². The van der Waals surface area contributed by atoms with Crippen LogP contribution in [0.15, 0.2) is 12.1 Å². The Morgan fingerprint density at radius 2 is 2.00 bits per heavy atom. The van der Waals surface area contributed by atoms with Gasteiger partial charge in [0, 0.05) is 24.3 Å². The van der Waals surface area contributed by atoms with Crippen LogP contribution in [0.1, 0.15) is 41.6 Å². The fraction of sp³-hybridized carbons (Fsp3) is 0.429. The molecule has 2 rings (SSSR count). The maximum atomic E-state index is 12.1. The number of rotatable bonds is 6. The van der Waals surface area contributed by atoms with Crippen molar-refractivity contribution in [2.45, 2.75) is 32.1 Å². The molecule has 5 heteroatoms. The highest BCUT2D eigenvalue weighted by Crippen LogP contribution is 2.33. The lowest BCUT2D eigenvalue weighted by Crippen LogP contribution is -2.03. The molecule has 1 N–H and O–H groups in total. The second-order valence-corrected chi connectivity index (χ2v) is 5.00. The fourth-order valence-electron chi connectivity index (χ4n) is 2.17. The Hall–Kier alpha value is -1.55. The number of hydrogen-bond donors (Lipinski definition) is 1. The minimum absolute atomic E-state index is 0.0361. The number of halogens is 1. The summed E-state index contributed by atoms with van der Waals surface area (Å²) < 4.78 is 5.48. The molecule has 1 heterocycles. The zero-order valence-corrected chi connectivity index (χ0v) is 11.2. The van der Waals surface area contributed by atoms with E-state index < -0.39 is 5.97 Å². The molecular formula is C14H15ClO4. The van der Waals surface area contributed by atoms with Gasteiger partial charge in [0.15, 0.2) is 5.78 Å². The molecule has 0 radical (unpaired) electrons. The van der Waals surface area contributed by atoms with Gasteiger partial charge in [-0.05, 0) is 30.5 Å². The third-order valence-corrected chi connectivity index (χ3v) is 3.31. The highest BCUT2D eigenvalue weighted by molar-refractivity contribution is 6.31. The molecule has 0 spiro atoms. The topological polar surface area (TPSA) is 63.6 Å². The van der Waals surface area contributed by atoms with Gasteiger partial charge in [-0.25, -0.2) is 0 Å². The van der Waals surface area contributed by atoms with E-state index in [-0.39, 0.29) is 12.2 Å². The van der Waals surface area contributed by atoms with Crippen LogP contribution in [-0.2, 0) is 11.2 Å². The first-order chi connectivity index (χ1) is 9.08. The Morgan fingerprint density at radius 3 is 2.74 bits per heavy atom. The monoisotopic (exact) mass is 282 g/mol. The number of fused-ring (bicyclic) bond motifs is 1. The fourth-order valence-corrected chi connectivity index (χ4v) is 2.41. The molecule has 0 saturated heterocycles. The largest absolute Gasteiger partial charge is 0.492 e. The number of unbranched alkanes of at least 4 members (excludes halogenated alkanes) is 1. The van der Waals surface area contributed by atoms with Gasteiger partial charge >= 0.3 is 5.97 Å². The minimum atomic E-state index is -0.834. The van der Waals surface area contributed by atoms with Gasteiger partial charge in [0.25, 0.3) is 0 Å². The lowest BCUT2D eigenvalue weighted by molar-refractivity contribution is -0.137. The summed E-state index contributed by atoms with van der Waals surface area (Å²) >= 11 is 5.99. The predicted molar refractivity (Wildman–Crippen MR) is 71.1 cm³/mol. The van der Waals surface area contributed by atoms with Crippen molar-refractivity contribution in [1.29, 1.82) is 0 Å². The summed E-state index contributed by atoms with van der Waals surface area (Å²) in [6.45, 7) is 0.578. The summed E-state index contributed by atoms with van der Waals surface area (Å²) in [5.41, 5.74) is 1.50. The Morgan fingerprint density at radius 1 is 1.26 bits per heavy atom. The maximum absolute atomic E-state index is 12.1. The van der Waals surface area contributed by atoms with Crippen molar-refractivity contribution in [3.63, 3.8) is 0 Å². The van der Waals surface area contributed by atoms with Gasteiger partial charge in [0.05, 0.1) is 12.2 Å². The first-order valence-corrected chi connectivity index (χ1v) is 6.66. The van der Waals surface area contributed by atoms with E-state index in [1.165, 1.54) is 0 Å². The van der Waals surface area contributed by atoms with Gasteiger partial charge in [0.2, 0.25) is 0 Å². The Balaban J connectivity index is 2.01. The molecule has 19 heavy (non-hydrogen) atoms. The molecule has 0 atom stereocenters. The summed E-state index contributed by atoms with van der Waals surface area (Å²) in [5, 5.41) is 9.08. The van der Waals surface area contributed by atoms with Gasteiger partial charge in [-0.3, -0.25) is 9.59 Å². The van der Waals surface area contributed by atoms with Crippen molar-refractivity contribution in [2.24, 2.45) is 0 Å². The predicted octanol–water partition coefficient (Wildman–Crippen LogP) is 3.10. The van der Waals surface area contributed by atoms with E-state index in [0.29, 0.717) is 42.2 Å². The van der Waals surface area contributed by atoms with Crippen LogP contribution in [0.5, 0.6) is 5.75 Å². The van der Waals surface area contributed by atoms with E-state index in [2.05, 4.69) is 0 Å². The number of hydrogen-bond acceptors (Lipinski definition) is 3. The zero-order valence-electron chi connectivity index (χ0n) is 10.4. The summed E-state index contributed by atoms with van der Waals surface area (Å²) in [4.78, 5) is 22.5. The third-order valence-electron chi connectivity index (χ3n) is 3.09. The number of benzene rings is 1. The number of Topliss-reactive ketones (excluding diaryl/α,β-unsaturated/α-hetero) is 1. The van der Waals surface area contributed by atoms with Gasteiger partial charge in [-0.15, -0.1) is 0 Å². The van der Waals surface area contributed by atoms with Crippen molar-refractivity contribution < 1.29 is 19.4 Å². The van der Waals surface area contributed by atoms with Crippen LogP contribution in [0.2, 0.25) is 5.02 Å². The number of aliphatic carboxylic acids is 1. The molecule has 1 aromatic rings. The molecule has 0 fully saturated rings.